The van der Waals surface area contributed by atoms with Gasteiger partial charge in [-0.2, -0.15) is 0 Å². The SMILES string of the molecule is CCOC(=O)c1ccc(N2C[C@@H](C(=O)OCC(=O)c3ccc(OC(=O)c4cccs4)cc3)CC2=O)cc1. The molecule has 1 atom stereocenters. The molecule has 1 aliphatic rings. The number of Topliss-reactive ketones (excluding diaryl/α,β-unsaturated/α-hetero) is 1. The Kier molecular flexibility index (Phi) is 8.09. The highest BCUT2D eigenvalue weighted by Crippen LogP contribution is 2.26. The molecule has 3 aromatic rings. The number of anilines is 1. The lowest BCUT2D eigenvalue weighted by molar-refractivity contribution is -0.147. The summed E-state index contributed by atoms with van der Waals surface area (Å²) in [6.45, 7) is 1.60. The number of hydrogen-bond acceptors (Lipinski definition) is 9. The maximum atomic E-state index is 12.5. The summed E-state index contributed by atoms with van der Waals surface area (Å²) in [5.41, 5.74) is 1.19. The average Bonchev–Trinajstić information content (AvgIpc) is 3.58. The van der Waals surface area contributed by atoms with Gasteiger partial charge < -0.3 is 19.1 Å². The summed E-state index contributed by atoms with van der Waals surface area (Å²) in [5.74, 6) is -2.71. The Bertz CT molecular complexity index is 1300. The summed E-state index contributed by atoms with van der Waals surface area (Å²) in [6, 6.07) is 15.7. The molecule has 0 unspecified atom stereocenters. The number of carbonyl (C=O) groups is 5. The van der Waals surface area contributed by atoms with Crippen LogP contribution >= 0.6 is 11.3 Å². The van der Waals surface area contributed by atoms with Crippen LogP contribution in [0.15, 0.2) is 66.0 Å². The van der Waals surface area contributed by atoms with Crippen molar-refractivity contribution in [3.63, 3.8) is 0 Å². The average molecular weight is 522 g/mol. The first-order valence-corrected chi connectivity index (χ1v) is 12.4. The zero-order valence-electron chi connectivity index (χ0n) is 19.9. The van der Waals surface area contributed by atoms with E-state index in [4.69, 9.17) is 14.2 Å². The second-order valence-electron chi connectivity index (χ2n) is 8.09. The number of carbonyl (C=O) groups excluding carboxylic acids is 5. The Morgan fingerprint density at radius 1 is 0.919 bits per heavy atom. The summed E-state index contributed by atoms with van der Waals surface area (Å²) in [4.78, 5) is 63.2. The molecular weight excluding hydrogens is 498 g/mol. The Morgan fingerprint density at radius 2 is 1.62 bits per heavy atom. The van der Waals surface area contributed by atoms with Crippen LogP contribution in [0.25, 0.3) is 0 Å². The smallest absolute Gasteiger partial charge is 0.353 e. The van der Waals surface area contributed by atoms with E-state index < -0.39 is 36.2 Å². The van der Waals surface area contributed by atoms with Gasteiger partial charge in [0.1, 0.15) is 10.6 Å². The fraction of sp³-hybridized carbons (Fsp3) is 0.222. The van der Waals surface area contributed by atoms with Gasteiger partial charge in [0, 0.05) is 24.2 Å². The highest BCUT2D eigenvalue weighted by atomic mass is 32.1. The fourth-order valence-electron chi connectivity index (χ4n) is 3.71. The molecule has 0 radical (unpaired) electrons. The van der Waals surface area contributed by atoms with E-state index in [1.807, 2.05) is 0 Å². The molecule has 1 aliphatic heterocycles. The van der Waals surface area contributed by atoms with Crippen LogP contribution in [0.1, 0.15) is 43.7 Å². The van der Waals surface area contributed by atoms with Crippen LogP contribution in [0.4, 0.5) is 5.69 Å². The van der Waals surface area contributed by atoms with E-state index in [0.717, 1.165) is 0 Å². The van der Waals surface area contributed by atoms with Crippen LogP contribution in [0.5, 0.6) is 5.75 Å². The van der Waals surface area contributed by atoms with E-state index >= 15 is 0 Å². The van der Waals surface area contributed by atoms with Gasteiger partial charge >= 0.3 is 17.9 Å². The Balaban J connectivity index is 1.28. The number of ketones is 1. The summed E-state index contributed by atoms with van der Waals surface area (Å²) in [5, 5.41) is 1.77. The number of ether oxygens (including phenoxy) is 3. The number of benzene rings is 2. The molecule has 1 fully saturated rings. The molecule has 2 aromatic carbocycles. The summed E-state index contributed by atoms with van der Waals surface area (Å²) < 4.78 is 15.4. The molecule has 9 nitrogen and oxygen atoms in total. The summed E-state index contributed by atoms with van der Waals surface area (Å²) in [6.07, 6.45) is -0.0447. The second kappa shape index (κ2) is 11.6. The van der Waals surface area contributed by atoms with Crippen molar-refractivity contribution < 1.29 is 38.2 Å². The van der Waals surface area contributed by atoms with E-state index in [1.165, 1.54) is 40.5 Å². The van der Waals surface area contributed by atoms with Crippen LogP contribution in [0.2, 0.25) is 0 Å². The van der Waals surface area contributed by atoms with Gasteiger partial charge in [-0.15, -0.1) is 11.3 Å². The summed E-state index contributed by atoms with van der Waals surface area (Å²) in [7, 11) is 0. The zero-order valence-corrected chi connectivity index (χ0v) is 20.7. The molecule has 190 valence electrons. The van der Waals surface area contributed by atoms with Crippen molar-refractivity contribution in [2.45, 2.75) is 13.3 Å². The van der Waals surface area contributed by atoms with Gasteiger partial charge in [-0.25, -0.2) is 9.59 Å². The third-order valence-corrected chi connectivity index (χ3v) is 6.45. The Morgan fingerprint density at radius 3 is 2.27 bits per heavy atom. The molecule has 0 N–H and O–H groups in total. The minimum Gasteiger partial charge on any atom is -0.462 e. The molecule has 10 heteroatoms. The monoisotopic (exact) mass is 521 g/mol. The maximum Gasteiger partial charge on any atom is 0.353 e. The number of hydrogen-bond donors (Lipinski definition) is 0. The molecule has 1 saturated heterocycles. The maximum absolute atomic E-state index is 12.5. The molecule has 2 heterocycles. The molecule has 0 spiro atoms. The molecular formula is C27H23NO8S. The van der Waals surface area contributed by atoms with Crippen LogP contribution < -0.4 is 9.64 Å². The van der Waals surface area contributed by atoms with E-state index in [2.05, 4.69) is 0 Å². The number of rotatable bonds is 9. The number of amides is 1. The highest BCUT2D eigenvalue weighted by molar-refractivity contribution is 7.12. The minimum atomic E-state index is -0.718. The van der Waals surface area contributed by atoms with Crippen molar-refractivity contribution in [1.82, 2.24) is 0 Å². The molecule has 37 heavy (non-hydrogen) atoms. The highest BCUT2D eigenvalue weighted by Gasteiger charge is 2.36. The third kappa shape index (κ3) is 6.28. The first-order valence-electron chi connectivity index (χ1n) is 11.5. The van der Waals surface area contributed by atoms with E-state index in [0.29, 0.717) is 16.1 Å². The first-order chi connectivity index (χ1) is 17.9. The van der Waals surface area contributed by atoms with Gasteiger partial charge in [-0.1, -0.05) is 6.07 Å². The van der Waals surface area contributed by atoms with Gasteiger partial charge in [0.25, 0.3) is 0 Å². The van der Waals surface area contributed by atoms with Crippen molar-refractivity contribution in [2.24, 2.45) is 5.92 Å². The van der Waals surface area contributed by atoms with E-state index in [9.17, 15) is 24.0 Å². The standard InChI is InChI=1S/C27H23NO8S/c1-2-34-25(31)18-5-9-20(10-6-18)28-15-19(14-24(28)30)26(32)35-16-22(29)17-7-11-21(12-8-17)36-27(33)23-4-3-13-37-23/h3-13,19H,2,14-16H2,1H3/t19-/m0/s1. The molecule has 1 aromatic heterocycles. The van der Waals surface area contributed by atoms with Gasteiger partial charge in [-0.05, 0) is 66.9 Å². The van der Waals surface area contributed by atoms with Gasteiger partial charge in [0.2, 0.25) is 5.91 Å². The lowest BCUT2D eigenvalue weighted by Gasteiger charge is -2.17. The van der Waals surface area contributed by atoms with Crippen LogP contribution in [0, 0.1) is 5.92 Å². The molecule has 0 saturated carbocycles. The quantitative estimate of drug-likeness (QED) is 0.236. The zero-order chi connectivity index (χ0) is 26.4. The molecule has 0 aliphatic carbocycles. The van der Waals surface area contributed by atoms with Crippen molar-refractivity contribution in [3.8, 4) is 5.75 Å². The van der Waals surface area contributed by atoms with Crippen LogP contribution in [0.3, 0.4) is 0 Å². The second-order valence-corrected chi connectivity index (χ2v) is 9.04. The van der Waals surface area contributed by atoms with Gasteiger partial charge in [0.15, 0.2) is 12.4 Å². The topological polar surface area (TPSA) is 116 Å². The molecule has 1 amide bonds. The van der Waals surface area contributed by atoms with E-state index in [1.54, 1.807) is 48.7 Å². The van der Waals surface area contributed by atoms with E-state index in [-0.39, 0.29) is 36.8 Å². The van der Waals surface area contributed by atoms with Crippen molar-refractivity contribution in [1.29, 1.82) is 0 Å². The number of nitrogens with zero attached hydrogens (tertiary/aromatic N) is 1. The largest absolute Gasteiger partial charge is 0.462 e. The van der Waals surface area contributed by atoms with Gasteiger partial charge in [0.05, 0.1) is 18.1 Å². The normalized spacial score (nSPS) is 14.8. The minimum absolute atomic E-state index is 0.0447. The number of esters is 3. The summed E-state index contributed by atoms with van der Waals surface area (Å²) >= 11 is 1.26. The molecule has 4 rings (SSSR count). The molecule has 0 bridgehead atoms. The van der Waals surface area contributed by atoms with Crippen molar-refractivity contribution in [2.75, 3.05) is 24.7 Å². The van der Waals surface area contributed by atoms with Gasteiger partial charge in [-0.3, -0.25) is 14.4 Å². The Hall–Kier alpha value is -4.31. The fourth-order valence-corrected chi connectivity index (χ4v) is 4.30. The number of thiophene rings is 1. The first kappa shape index (κ1) is 25.8. The predicted octanol–water partition coefficient (Wildman–Crippen LogP) is 3.92. The van der Waals surface area contributed by atoms with Crippen LogP contribution in [-0.2, 0) is 19.1 Å². The lowest BCUT2D eigenvalue weighted by Crippen LogP contribution is -2.27. The van der Waals surface area contributed by atoms with Crippen molar-refractivity contribution in [3.05, 3.63) is 82.0 Å². The third-order valence-electron chi connectivity index (χ3n) is 5.60. The van der Waals surface area contributed by atoms with Crippen molar-refractivity contribution >= 4 is 46.6 Å². The van der Waals surface area contributed by atoms with Crippen LogP contribution in [-0.4, -0.2) is 49.4 Å². The predicted molar refractivity (Wildman–Crippen MR) is 134 cm³/mol. The Labute approximate surface area is 216 Å². The lowest BCUT2D eigenvalue weighted by atomic mass is 10.1.